The minimum absolute atomic E-state index is 0.0911. The van der Waals surface area contributed by atoms with Gasteiger partial charge in [-0.15, -0.1) is 0 Å². The Labute approximate surface area is 138 Å². The van der Waals surface area contributed by atoms with E-state index in [1.807, 2.05) is 19.9 Å². The summed E-state index contributed by atoms with van der Waals surface area (Å²) in [4.78, 5) is 29.6. The van der Waals surface area contributed by atoms with Gasteiger partial charge in [-0.3, -0.25) is 4.79 Å². The number of aromatic nitrogens is 3. The predicted octanol–water partition coefficient (Wildman–Crippen LogP) is 1.54. The van der Waals surface area contributed by atoms with Crippen molar-refractivity contribution in [3.05, 3.63) is 28.7 Å². The summed E-state index contributed by atoms with van der Waals surface area (Å²) in [6.07, 6.45) is -1.61. The number of alkyl halides is 1. The lowest BCUT2D eigenvalue weighted by Crippen LogP contribution is -2.32. The molecule has 1 amide bonds. The van der Waals surface area contributed by atoms with E-state index in [9.17, 15) is 14.0 Å². The number of carbonyl (C=O) groups excluding carboxylic acids is 1. The summed E-state index contributed by atoms with van der Waals surface area (Å²) in [6, 6.07) is 1.88. The van der Waals surface area contributed by atoms with Crippen LogP contribution in [0.3, 0.4) is 0 Å². The van der Waals surface area contributed by atoms with Crippen LogP contribution < -0.4 is 0 Å². The number of hydrogen-bond donors (Lipinski definition) is 1. The largest absolute Gasteiger partial charge is 0.479 e. The van der Waals surface area contributed by atoms with Crippen molar-refractivity contribution in [1.82, 2.24) is 19.5 Å². The molecule has 128 valence electrons. The van der Waals surface area contributed by atoms with Crippen LogP contribution in [0.5, 0.6) is 0 Å². The highest BCUT2D eigenvalue weighted by Gasteiger charge is 2.37. The van der Waals surface area contributed by atoms with Gasteiger partial charge in [0.25, 0.3) is 5.91 Å². The van der Waals surface area contributed by atoms with Crippen molar-refractivity contribution in [2.75, 3.05) is 13.1 Å². The lowest BCUT2D eigenvalue weighted by molar-refractivity contribution is -0.144. The Balaban J connectivity index is 1.93. The highest BCUT2D eigenvalue weighted by molar-refractivity contribution is 6.01. The monoisotopic (exact) mass is 334 g/mol. The number of nitrogens with zero attached hydrogens (tertiary/aromatic N) is 4. The van der Waals surface area contributed by atoms with E-state index in [0.29, 0.717) is 29.9 Å². The Hall–Kier alpha value is -2.51. The molecule has 0 spiro atoms. The van der Waals surface area contributed by atoms with Gasteiger partial charge in [0.15, 0.2) is 5.65 Å². The van der Waals surface area contributed by atoms with Crippen LogP contribution in [-0.4, -0.2) is 55.7 Å². The van der Waals surface area contributed by atoms with Gasteiger partial charge >= 0.3 is 5.97 Å². The molecule has 2 atom stereocenters. The molecule has 0 aromatic carbocycles. The van der Waals surface area contributed by atoms with Crippen molar-refractivity contribution in [1.29, 1.82) is 0 Å². The summed E-state index contributed by atoms with van der Waals surface area (Å²) < 4.78 is 15.3. The molecule has 7 nitrogen and oxygen atoms in total. The second-order valence-electron chi connectivity index (χ2n) is 6.27. The van der Waals surface area contributed by atoms with Gasteiger partial charge in [0.2, 0.25) is 6.17 Å². The summed E-state index contributed by atoms with van der Waals surface area (Å²) >= 11 is 0. The van der Waals surface area contributed by atoms with Crippen LogP contribution in [-0.2, 0) is 4.79 Å². The van der Waals surface area contributed by atoms with E-state index in [4.69, 9.17) is 5.11 Å². The molecule has 0 radical (unpaired) electrons. The van der Waals surface area contributed by atoms with Crippen molar-refractivity contribution < 1.29 is 19.1 Å². The molecule has 3 rings (SSSR count). The van der Waals surface area contributed by atoms with Crippen LogP contribution in [0.1, 0.15) is 33.9 Å². The number of rotatable bonds is 3. The van der Waals surface area contributed by atoms with Gasteiger partial charge in [0.1, 0.15) is 5.56 Å². The second kappa shape index (κ2) is 5.85. The van der Waals surface area contributed by atoms with E-state index in [2.05, 4.69) is 10.1 Å². The summed E-state index contributed by atoms with van der Waals surface area (Å²) in [5.74, 6) is -2.43. The van der Waals surface area contributed by atoms with Crippen LogP contribution in [0.15, 0.2) is 6.07 Å². The zero-order valence-electron chi connectivity index (χ0n) is 13.8. The van der Waals surface area contributed by atoms with E-state index in [0.717, 1.165) is 11.4 Å². The number of likely N-dealkylation sites (tertiary alicyclic amines) is 1. The fourth-order valence-corrected chi connectivity index (χ4v) is 3.25. The molecule has 2 aromatic rings. The maximum absolute atomic E-state index is 13.7. The summed E-state index contributed by atoms with van der Waals surface area (Å²) in [6.45, 7) is 5.89. The molecule has 0 bridgehead atoms. The number of aliphatic carboxylic acids is 1. The van der Waals surface area contributed by atoms with E-state index in [-0.39, 0.29) is 12.5 Å². The molecule has 0 saturated carbocycles. The third kappa shape index (κ3) is 2.61. The van der Waals surface area contributed by atoms with Crippen LogP contribution in [0.4, 0.5) is 4.39 Å². The van der Waals surface area contributed by atoms with Crippen molar-refractivity contribution in [3.63, 3.8) is 0 Å². The highest BCUT2D eigenvalue weighted by Crippen LogP contribution is 2.26. The van der Waals surface area contributed by atoms with Gasteiger partial charge in [0.05, 0.1) is 5.69 Å². The molecule has 3 heterocycles. The Morgan fingerprint density at radius 2 is 2.08 bits per heavy atom. The molecular weight excluding hydrogens is 315 g/mol. The number of carboxylic acid groups (broad SMARTS) is 1. The summed E-state index contributed by atoms with van der Waals surface area (Å²) in [5, 5.41) is 13.2. The first-order valence-electron chi connectivity index (χ1n) is 7.79. The van der Waals surface area contributed by atoms with Crippen molar-refractivity contribution in [2.24, 2.45) is 5.92 Å². The zero-order valence-corrected chi connectivity index (χ0v) is 13.8. The standard InChI is InChI=1S/C16H19FN4O3/c1-8-6-9(2)21-14(18-8)12(10(3)19-21)15(22)20-5-4-11(7-20)13(17)16(23)24/h6,11,13H,4-5,7H2,1-3H3,(H,23,24). The number of fused-ring (bicyclic) bond motifs is 1. The average molecular weight is 334 g/mol. The van der Waals surface area contributed by atoms with E-state index in [1.54, 1.807) is 11.4 Å². The number of hydrogen-bond acceptors (Lipinski definition) is 4. The number of halogens is 1. The number of carboxylic acids is 1. The molecule has 1 N–H and O–H groups in total. The second-order valence-corrected chi connectivity index (χ2v) is 6.27. The Bertz CT molecular complexity index is 832. The van der Waals surface area contributed by atoms with E-state index in [1.165, 1.54) is 4.90 Å². The fourth-order valence-electron chi connectivity index (χ4n) is 3.25. The SMILES string of the molecule is Cc1cc(C)n2nc(C)c(C(=O)N3CCC(C(F)C(=O)O)C3)c2n1. The first kappa shape index (κ1) is 16.4. The third-order valence-corrected chi connectivity index (χ3v) is 4.45. The Morgan fingerprint density at radius 1 is 1.38 bits per heavy atom. The van der Waals surface area contributed by atoms with E-state index < -0.39 is 18.1 Å². The first-order valence-corrected chi connectivity index (χ1v) is 7.79. The third-order valence-electron chi connectivity index (χ3n) is 4.45. The minimum Gasteiger partial charge on any atom is -0.479 e. The average Bonchev–Trinajstić information content (AvgIpc) is 3.10. The normalized spacial score (nSPS) is 19.0. The van der Waals surface area contributed by atoms with Gasteiger partial charge in [-0.2, -0.15) is 5.10 Å². The van der Waals surface area contributed by atoms with Crippen LogP contribution in [0.2, 0.25) is 0 Å². The van der Waals surface area contributed by atoms with Crippen LogP contribution >= 0.6 is 0 Å². The zero-order chi connectivity index (χ0) is 17.6. The molecule has 0 aliphatic carbocycles. The topological polar surface area (TPSA) is 87.8 Å². The molecule has 1 aliphatic heterocycles. The molecule has 1 aliphatic rings. The molecule has 1 saturated heterocycles. The number of aryl methyl sites for hydroxylation is 3. The lowest BCUT2D eigenvalue weighted by atomic mass is 10.0. The molecule has 2 aromatic heterocycles. The smallest absolute Gasteiger partial charge is 0.338 e. The van der Waals surface area contributed by atoms with Gasteiger partial charge in [-0.05, 0) is 33.3 Å². The van der Waals surface area contributed by atoms with Crippen LogP contribution in [0, 0.1) is 26.7 Å². The molecule has 1 fully saturated rings. The van der Waals surface area contributed by atoms with Gasteiger partial charge < -0.3 is 10.0 Å². The maximum Gasteiger partial charge on any atom is 0.338 e. The summed E-state index contributed by atoms with van der Waals surface area (Å²) in [5.41, 5.74) is 3.08. The van der Waals surface area contributed by atoms with Gasteiger partial charge in [0, 0.05) is 30.4 Å². The molecule has 24 heavy (non-hydrogen) atoms. The summed E-state index contributed by atoms with van der Waals surface area (Å²) in [7, 11) is 0. The number of carbonyl (C=O) groups is 2. The Kier molecular flexibility index (Phi) is 3.98. The molecule has 2 unspecified atom stereocenters. The highest BCUT2D eigenvalue weighted by atomic mass is 19.1. The lowest BCUT2D eigenvalue weighted by Gasteiger charge is -2.17. The molecular formula is C16H19FN4O3. The Morgan fingerprint density at radius 3 is 2.75 bits per heavy atom. The quantitative estimate of drug-likeness (QED) is 0.920. The predicted molar refractivity (Wildman–Crippen MR) is 83.7 cm³/mol. The minimum atomic E-state index is -1.95. The maximum atomic E-state index is 13.7. The number of amides is 1. The van der Waals surface area contributed by atoms with Gasteiger partial charge in [-0.1, -0.05) is 0 Å². The van der Waals surface area contributed by atoms with Crippen molar-refractivity contribution >= 4 is 17.5 Å². The van der Waals surface area contributed by atoms with E-state index >= 15 is 0 Å². The first-order chi connectivity index (χ1) is 11.3. The fraction of sp³-hybridized carbons (Fsp3) is 0.500. The van der Waals surface area contributed by atoms with Gasteiger partial charge in [-0.25, -0.2) is 18.7 Å². The molecule has 8 heteroatoms. The van der Waals surface area contributed by atoms with Crippen molar-refractivity contribution in [3.8, 4) is 0 Å². The van der Waals surface area contributed by atoms with Crippen molar-refractivity contribution in [2.45, 2.75) is 33.4 Å². The van der Waals surface area contributed by atoms with Crippen LogP contribution in [0.25, 0.3) is 5.65 Å².